The molecule has 19 heavy (non-hydrogen) atoms. The fourth-order valence-corrected chi connectivity index (χ4v) is 3.80. The molecular weight excluding hydrogens is 272 g/mol. The maximum absolute atomic E-state index is 4.78. The molecule has 2 aromatic rings. The van der Waals surface area contributed by atoms with Crippen LogP contribution in [-0.4, -0.2) is 18.1 Å². The lowest BCUT2D eigenvalue weighted by Gasteiger charge is -2.15. The summed E-state index contributed by atoms with van der Waals surface area (Å²) in [5.41, 5.74) is 1.36. The van der Waals surface area contributed by atoms with Crippen LogP contribution < -0.4 is 5.32 Å². The van der Waals surface area contributed by atoms with Crippen molar-refractivity contribution in [1.29, 1.82) is 0 Å². The summed E-state index contributed by atoms with van der Waals surface area (Å²) in [4.78, 5) is 6.22. The summed E-state index contributed by atoms with van der Waals surface area (Å²) in [6.45, 7) is 6.65. The van der Waals surface area contributed by atoms with Gasteiger partial charge < -0.3 is 5.32 Å². The molecule has 1 N–H and O–H groups in total. The summed E-state index contributed by atoms with van der Waals surface area (Å²) in [5.74, 6) is 0. The first kappa shape index (κ1) is 14.7. The van der Waals surface area contributed by atoms with Gasteiger partial charge in [0.05, 0.1) is 10.7 Å². The highest BCUT2D eigenvalue weighted by Crippen LogP contribution is 2.25. The number of hydrogen-bond acceptors (Lipinski definition) is 4. The van der Waals surface area contributed by atoms with E-state index >= 15 is 0 Å². The Morgan fingerprint density at radius 3 is 2.58 bits per heavy atom. The van der Waals surface area contributed by atoms with E-state index < -0.39 is 0 Å². The van der Waals surface area contributed by atoms with E-state index in [1.165, 1.54) is 15.6 Å². The standard InChI is InChI=1S/C15H22N2S2/c1-15(2,3)13-10-19-14(17-13)9-11(16-4)8-12-6-5-7-18-12/h5-7,10-11,16H,8-9H2,1-4H3. The molecule has 0 amide bonds. The van der Waals surface area contributed by atoms with Gasteiger partial charge >= 0.3 is 0 Å². The molecule has 0 saturated heterocycles. The third-order valence-corrected chi connectivity index (χ3v) is 4.95. The highest BCUT2D eigenvalue weighted by molar-refractivity contribution is 7.10. The van der Waals surface area contributed by atoms with Crippen LogP contribution in [0.5, 0.6) is 0 Å². The molecule has 0 aliphatic carbocycles. The number of likely N-dealkylation sites (N-methyl/N-ethyl adjacent to an activating group) is 1. The predicted octanol–water partition coefficient (Wildman–Crippen LogP) is 3.88. The minimum Gasteiger partial charge on any atom is -0.316 e. The minimum absolute atomic E-state index is 0.150. The van der Waals surface area contributed by atoms with Gasteiger partial charge in [-0.05, 0) is 24.9 Å². The van der Waals surface area contributed by atoms with Gasteiger partial charge in [-0.15, -0.1) is 22.7 Å². The summed E-state index contributed by atoms with van der Waals surface area (Å²) >= 11 is 3.61. The highest BCUT2D eigenvalue weighted by atomic mass is 32.1. The third-order valence-electron chi connectivity index (χ3n) is 3.18. The Morgan fingerprint density at radius 1 is 1.26 bits per heavy atom. The summed E-state index contributed by atoms with van der Waals surface area (Å²) in [5, 5.41) is 8.99. The largest absolute Gasteiger partial charge is 0.316 e. The van der Waals surface area contributed by atoms with Crippen molar-refractivity contribution in [1.82, 2.24) is 10.3 Å². The van der Waals surface area contributed by atoms with Gasteiger partial charge in [0, 0.05) is 28.1 Å². The Hall–Kier alpha value is -0.710. The Bertz CT molecular complexity index is 494. The summed E-state index contributed by atoms with van der Waals surface area (Å²) in [7, 11) is 2.04. The van der Waals surface area contributed by atoms with Crippen molar-refractivity contribution < 1.29 is 0 Å². The van der Waals surface area contributed by atoms with Crippen LogP contribution in [0.2, 0.25) is 0 Å². The van der Waals surface area contributed by atoms with Gasteiger partial charge in [-0.3, -0.25) is 0 Å². The SMILES string of the molecule is CNC(Cc1cccs1)Cc1nc(C(C)(C)C)cs1. The zero-order valence-corrected chi connectivity index (χ0v) is 13.7. The van der Waals surface area contributed by atoms with Crippen LogP contribution >= 0.6 is 22.7 Å². The summed E-state index contributed by atoms with van der Waals surface area (Å²) in [6, 6.07) is 4.79. The van der Waals surface area contributed by atoms with E-state index in [9.17, 15) is 0 Å². The lowest BCUT2D eigenvalue weighted by atomic mass is 9.93. The van der Waals surface area contributed by atoms with E-state index in [0.717, 1.165) is 12.8 Å². The molecule has 2 rings (SSSR count). The molecule has 1 unspecified atom stereocenters. The molecular formula is C15H22N2S2. The predicted molar refractivity (Wildman–Crippen MR) is 85.4 cm³/mol. The minimum atomic E-state index is 0.150. The Kier molecular flexibility index (Phi) is 4.76. The molecule has 0 saturated carbocycles. The molecule has 0 radical (unpaired) electrons. The monoisotopic (exact) mass is 294 g/mol. The van der Waals surface area contributed by atoms with E-state index in [1.807, 2.05) is 18.4 Å². The number of rotatable bonds is 5. The van der Waals surface area contributed by atoms with Crippen LogP contribution in [0.25, 0.3) is 0 Å². The van der Waals surface area contributed by atoms with E-state index in [2.05, 4.69) is 49.0 Å². The number of nitrogens with zero attached hydrogens (tertiary/aromatic N) is 1. The van der Waals surface area contributed by atoms with Crippen LogP contribution in [0.3, 0.4) is 0 Å². The Balaban J connectivity index is 2.00. The molecule has 4 heteroatoms. The van der Waals surface area contributed by atoms with Gasteiger partial charge in [0.2, 0.25) is 0 Å². The molecule has 0 bridgehead atoms. The average molecular weight is 294 g/mol. The second-order valence-electron chi connectivity index (χ2n) is 5.85. The van der Waals surface area contributed by atoms with E-state index in [4.69, 9.17) is 4.98 Å². The molecule has 2 aromatic heterocycles. The Labute approximate surface area is 123 Å². The third kappa shape index (κ3) is 4.13. The van der Waals surface area contributed by atoms with Crippen molar-refractivity contribution in [2.24, 2.45) is 0 Å². The number of nitrogens with one attached hydrogen (secondary N) is 1. The van der Waals surface area contributed by atoms with Crippen molar-refractivity contribution in [3.05, 3.63) is 38.5 Å². The summed E-state index contributed by atoms with van der Waals surface area (Å²) in [6.07, 6.45) is 2.09. The van der Waals surface area contributed by atoms with Crippen molar-refractivity contribution in [3.8, 4) is 0 Å². The van der Waals surface area contributed by atoms with E-state index in [0.29, 0.717) is 6.04 Å². The van der Waals surface area contributed by atoms with Gasteiger partial charge in [0.15, 0.2) is 0 Å². The fourth-order valence-electron chi connectivity index (χ4n) is 1.91. The van der Waals surface area contributed by atoms with E-state index in [-0.39, 0.29) is 5.41 Å². The molecule has 0 aromatic carbocycles. The second-order valence-corrected chi connectivity index (χ2v) is 7.82. The quantitative estimate of drug-likeness (QED) is 0.905. The lowest BCUT2D eigenvalue weighted by molar-refractivity contribution is 0.546. The molecule has 0 aliphatic rings. The maximum Gasteiger partial charge on any atom is 0.0944 e. The van der Waals surface area contributed by atoms with Crippen molar-refractivity contribution in [2.45, 2.75) is 45.1 Å². The molecule has 104 valence electrons. The van der Waals surface area contributed by atoms with Crippen LogP contribution in [0.1, 0.15) is 36.3 Å². The first-order valence-electron chi connectivity index (χ1n) is 6.63. The van der Waals surface area contributed by atoms with E-state index in [1.54, 1.807) is 11.3 Å². The van der Waals surface area contributed by atoms with Crippen molar-refractivity contribution in [2.75, 3.05) is 7.05 Å². The topological polar surface area (TPSA) is 24.9 Å². The van der Waals surface area contributed by atoms with Gasteiger partial charge in [-0.2, -0.15) is 0 Å². The summed E-state index contributed by atoms with van der Waals surface area (Å²) < 4.78 is 0. The van der Waals surface area contributed by atoms with Crippen molar-refractivity contribution >= 4 is 22.7 Å². The normalized spacial score (nSPS) is 13.7. The number of aromatic nitrogens is 1. The molecule has 0 fully saturated rings. The molecule has 0 aliphatic heterocycles. The van der Waals surface area contributed by atoms with Gasteiger partial charge in [-0.1, -0.05) is 26.8 Å². The fraction of sp³-hybridized carbons (Fsp3) is 0.533. The maximum atomic E-state index is 4.78. The molecule has 2 heterocycles. The second kappa shape index (κ2) is 6.16. The Morgan fingerprint density at radius 2 is 2.05 bits per heavy atom. The van der Waals surface area contributed by atoms with Gasteiger partial charge in [-0.25, -0.2) is 4.98 Å². The lowest BCUT2D eigenvalue weighted by Crippen LogP contribution is -2.29. The average Bonchev–Trinajstić information content (AvgIpc) is 2.98. The number of thiophene rings is 1. The van der Waals surface area contributed by atoms with Crippen LogP contribution in [-0.2, 0) is 18.3 Å². The van der Waals surface area contributed by atoms with Crippen LogP contribution in [0, 0.1) is 0 Å². The first-order chi connectivity index (χ1) is 8.99. The molecule has 0 spiro atoms. The number of hydrogen-bond donors (Lipinski definition) is 1. The zero-order valence-electron chi connectivity index (χ0n) is 12.1. The van der Waals surface area contributed by atoms with Gasteiger partial charge in [0.1, 0.15) is 0 Å². The molecule has 1 atom stereocenters. The smallest absolute Gasteiger partial charge is 0.0944 e. The molecule has 2 nitrogen and oxygen atoms in total. The highest BCUT2D eigenvalue weighted by Gasteiger charge is 2.18. The first-order valence-corrected chi connectivity index (χ1v) is 8.39. The van der Waals surface area contributed by atoms with Gasteiger partial charge in [0.25, 0.3) is 0 Å². The van der Waals surface area contributed by atoms with Crippen LogP contribution in [0.4, 0.5) is 0 Å². The zero-order chi connectivity index (χ0) is 13.9. The van der Waals surface area contributed by atoms with Crippen molar-refractivity contribution in [3.63, 3.8) is 0 Å². The number of thiazole rings is 1. The van der Waals surface area contributed by atoms with Crippen LogP contribution in [0.15, 0.2) is 22.9 Å².